The lowest BCUT2D eigenvalue weighted by Gasteiger charge is -2.13. The number of benzene rings is 1. The summed E-state index contributed by atoms with van der Waals surface area (Å²) < 4.78 is 1.66. The van der Waals surface area contributed by atoms with Crippen LogP contribution in [0.15, 0.2) is 67.1 Å². The fourth-order valence-electron chi connectivity index (χ4n) is 2.32. The maximum Gasteiger partial charge on any atom is 0.319 e. The number of anilines is 1. The largest absolute Gasteiger partial charge is 0.337 e. The van der Waals surface area contributed by atoms with E-state index in [1.54, 1.807) is 29.2 Å². The zero-order valence-electron chi connectivity index (χ0n) is 13.4. The van der Waals surface area contributed by atoms with Crippen molar-refractivity contribution in [2.24, 2.45) is 0 Å². The highest BCUT2D eigenvalue weighted by atomic mass is 16.2. The first kappa shape index (κ1) is 15.7. The van der Waals surface area contributed by atoms with Crippen molar-refractivity contribution >= 4 is 11.7 Å². The van der Waals surface area contributed by atoms with Gasteiger partial charge in [0.05, 0.1) is 11.9 Å². The van der Waals surface area contributed by atoms with Crippen LogP contribution in [0.25, 0.3) is 5.82 Å². The number of rotatable bonds is 5. The summed E-state index contributed by atoms with van der Waals surface area (Å²) in [7, 11) is 0. The molecule has 24 heavy (non-hydrogen) atoms. The molecule has 122 valence electrons. The molecule has 0 aliphatic rings. The van der Waals surface area contributed by atoms with Gasteiger partial charge >= 0.3 is 6.03 Å². The molecule has 6 nitrogen and oxygen atoms in total. The Bertz CT molecular complexity index is 769. The van der Waals surface area contributed by atoms with Crippen molar-refractivity contribution in [3.8, 4) is 5.82 Å². The fraction of sp³-hybridized carbons (Fsp3) is 0.167. The van der Waals surface area contributed by atoms with E-state index in [0.29, 0.717) is 18.1 Å². The Morgan fingerprint density at radius 3 is 2.67 bits per heavy atom. The predicted octanol–water partition coefficient (Wildman–Crippen LogP) is 3.19. The minimum Gasteiger partial charge on any atom is -0.337 e. The number of pyridine rings is 1. The number of nitrogens with zero attached hydrogens (tertiary/aromatic N) is 3. The van der Waals surface area contributed by atoms with Gasteiger partial charge in [-0.15, -0.1) is 0 Å². The van der Waals surface area contributed by atoms with Crippen LogP contribution in [0.5, 0.6) is 0 Å². The lowest BCUT2D eigenvalue weighted by molar-refractivity contribution is 0.251. The Kier molecular flexibility index (Phi) is 4.86. The minimum atomic E-state index is -0.244. The van der Waals surface area contributed by atoms with Crippen LogP contribution in [0, 0.1) is 0 Å². The molecule has 0 spiro atoms. The fourth-order valence-corrected chi connectivity index (χ4v) is 2.32. The molecule has 0 aliphatic heterocycles. The van der Waals surface area contributed by atoms with Crippen LogP contribution >= 0.6 is 0 Å². The number of carbonyl (C=O) groups is 1. The van der Waals surface area contributed by atoms with Crippen LogP contribution in [-0.2, 0) is 0 Å². The van der Waals surface area contributed by atoms with Gasteiger partial charge in [0.15, 0.2) is 5.82 Å². The standard InChI is InChI=1S/C18H19N5O/c1-14(15-6-3-2-4-7-15)12-20-18(24)22-16-8-9-17(19-13-16)23-11-5-10-21-23/h2-11,13-14H,12H2,1H3,(H2,20,22,24)/t14-/m0/s1. The van der Waals surface area contributed by atoms with E-state index < -0.39 is 0 Å². The molecule has 0 saturated carbocycles. The van der Waals surface area contributed by atoms with Gasteiger partial charge in [0.1, 0.15) is 0 Å². The van der Waals surface area contributed by atoms with Gasteiger partial charge in [0, 0.05) is 18.9 Å². The van der Waals surface area contributed by atoms with Crippen LogP contribution in [0.3, 0.4) is 0 Å². The van der Waals surface area contributed by atoms with Crippen molar-refractivity contribution in [3.05, 3.63) is 72.7 Å². The number of nitrogens with one attached hydrogen (secondary N) is 2. The summed E-state index contributed by atoms with van der Waals surface area (Å²) in [6.07, 6.45) is 5.11. The van der Waals surface area contributed by atoms with Gasteiger partial charge in [-0.1, -0.05) is 37.3 Å². The molecule has 1 atom stereocenters. The molecular formula is C18H19N5O. The van der Waals surface area contributed by atoms with Crippen molar-refractivity contribution in [2.45, 2.75) is 12.8 Å². The number of hydrogen-bond acceptors (Lipinski definition) is 3. The molecule has 2 amide bonds. The predicted molar refractivity (Wildman–Crippen MR) is 93.2 cm³/mol. The highest BCUT2D eigenvalue weighted by Crippen LogP contribution is 2.13. The molecule has 0 unspecified atom stereocenters. The maximum atomic E-state index is 12.0. The van der Waals surface area contributed by atoms with Gasteiger partial charge in [-0.25, -0.2) is 14.5 Å². The second-order valence-electron chi connectivity index (χ2n) is 5.50. The molecule has 2 heterocycles. The van der Waals surface area contributed by atoms with Crippen molar-refractivity contribution in [1.29, 1.82) is 0 Å². The molecule has 0 radical (unpaired) electrons. The van der Waals surface area contributed by atoms with Crippen molar-refractivity contribution in [1.82, 2.24) is 20.1 Å². The third-order valence-corrected chi connectivity index (χ3v) is 3.68. The van der Waals surface area contributed by atoms with Gasteiger partial charge in [-0.05, 0) is 29.7 Å². The molecular weight excluding hydrogens is 302 g/mol. The summed E-state index contributed by atoms with van der Waals surface area (Å²) in [6.45, 7) is 2.64. The molecule has 1 aromatic carbocycles. The molecule has 2 aromatic heterocycles. The van der Waals surface area contributed by atoms with Crippen LogP contribution in [-0.4, -0.2) is 27.3 Å². The molecule has 3 rings (SSSR count). The lowest BCUT2D eigenvalue weighted by atomic mass is 10.0. The first-order valence-electron chi connectivity index (χ1n) is 7.78. The monoisotopic (exact) mass is 321 g/mol. The van der Waals surface area contributed by atoms with Crippen LogP contribution in [0.2, 0.25) is 0 Å². The van der Waals surface area contributed by atoms with E-state index in [2.05, 4.69) is 39.8 Å². The second-order valence-corrected chi connectivity index (χ2v) is 5.50. The molecule has 2 N–H and O–H groups in total. The van der Waals surface area contributed by atoms with E-state index in [1.807, 2.05) is 30.5 Å². The molecule has 0 saturated heterocycles. The first-order valence-corrected chi connectivity index (χ1v) is 7.78. The highest BCUT2D eigenvalue weighted by Gasteiger charge is 2.08. The summed E-state index contributed by atoms with van der Waals surface area (Å²) >= 11 is 0. The van der Waals surface area contributed by atoms with Crippen LogP contribution < -0.4 is 10.6 Å². The van der Waals surface area contributed by atoms with Gasteiger partial charge in [0.25, 0.3) is 0 Å². The lowest BCUT2D eigenvalue weighted by Crippen LogP contribution is -2.31. The van der Waals surface area contributed by atoms with Crippen LogP contribution in [0.1, 0.15) is 18.4 Å². The highest BCUT2D eigenvalue weighted by molar-refractivity contribution is 5.89. The van der Waals surface area contributed by atoms with Crippen molar-refractivity contribution in [2.75, 3.05) is 11.9 Å². The van der Waals surface area contributed by atoms with E-state index in [4.69, 9.17) is 0 Å². The second kappa shape index (κ2) is 7.41. The Morgan fingerprint density at radius 1 is 1.17 bits per heavy atom. The molecule has 3 aromatic rings. The summed E-state index contributed by atoms with van der Waals surface area (Å²) in [4.78, 5) is 16.3. The Balaban J connectivity index is 1.51. The summed E-state index contributed by atoms with van der Waals surface area (Å²) in [5, 5.41) is 9.76. The minimum absolute atomic E-state index is 0.244. The van der Waals surface area contributed by atoms with Crippen LogP contribution in [0.4, 0.5) is 10.5 Å². The molecule has 0 aliphatic carbocycles. The Labute approximate surface area is 140 Å². The number of aromatic nitrogens is 3. The molecule has 0 bridgehead atoms. The first-order chi connectivity index (χ1) is 11.7. The zero-order valence-corrected chi connectivity index (χ0v) is 13.4. The average Bonchev–Trinajstić information content (AvgIpc) is 3.16. The third kappa shape index (κ3) is 3.98. The van der Waals surface area contributed by atoms with Gasteiger partial charge in [-0.2, -0.15) is 5.10 Å². The number of urea groups is 1. The Morgan fingerprint density at radius 2 is 2.00 bits per heavy atom. The summed E-state index contributed by atoms with van der Waals surface area (Å²) in [5.74, 6) is 0.945. The SMILES string of the molecule is C[C@@H](CNC(=O)Nc1ccc(-n2cccn2)nc1)c1ccccc1. The Hall–Kier alpha value is -3.15. The number of carbonyl (C=O) groups excluding carboxylic acids is 1. The topological polar surface area (TPSA) is 71.8 Å². The average molecular weight is 321 g/mol. The van der Waals surface area contributed by atoms with E-state index >= 15 is 0 Å². The zero-order chi connectivity index (χ0) is 16.8. The quantitative estimate of drug-likeness (QED) is 0.758. The normalized spacial score (nSPS) is 11.7. The van der Waals surface area contributed by atoms with Crippen molar-refractivity contribution in [3.63, 3.8) is 0 Å². The maximum absolute atomic E-state index is 12.0. The summed E-state index contributed by atoms with van der Waals surface area (Å²) in [5.41, 5.74) is 1.83. The van der Waals surface area contributed by atoms with Crippen molar-refractivity contribution < 1.29 is 4.79 Å². The summed E-state index contributed by atoms with van der Waals surface area (Å²) in [6, 6.07) is 15.3. The number of amides is 2. The smallest absolute Gasteiger partial charge is 0.319 e. The van der Waals surface area contributed by atoms with Gasteiger partial charge in [-0.3, -0.25) is 0 Å². The van der Waals surface area contributed by atoms with Gasteiger partial charge in [0.2, 0.25) is 0 Å². The third-order valence-electron chi connectivity index (χ3n) is 3.68. The van der Waals surface area contributed by atoms with E-state index in [1.165, 1.54) is 5.56 Å². The molecule has 6 heteroatoms. The van der Waals surface area contributed by atoms with E-state index in [0.717, 1.165) is 0 Å². The molecule has 0 fully saturated rings. The van der Waals surface area contributed by atoms with Gasteiger partial charge < -0.3 is 10.6 Å². The van der Waals surface area contributed by atoms with E-state index in [-0.39, 0.29) is 11.9 Å². The van der Waals surface area contributed by atoms with E-state index in [9.17, 15) is 4.79 Å². The number of hydrogen-bond donors (Lipinski definition) is 2.